The minimum atomic E-state index is 0.370. The van der Waals surface area contributed by atoms with Crippen LogP contribution in [0.5, 0.6) is 0 Å². The van der Waals surface area contributed by atoms with Gasteiger partial charge in [-0.2, -0.15) is 0 Å². The van der Waals surface area contributed by atoms with Gasteiger partial charge < -0.3 is 10.3 Å². The number of benzene rings is 1. The zero-order valence-corrected chi connectivity index (χ0v) is 14.9. The molecule has 0 fully saturated rings. The SMILES string of the molecule is CCCCn1c(C(C)C)nc(-c2ccc(Br)c(C)c2)c1N. The summed E-state index contributed by atoms with van der Waals surface area (Å²) in [5, 5.41) is 0. The molecule has 2 aromatic rings. The first kappa shape index (κ1) is 16.1. The molecule has 1 aromatic carbocycles. The van der Waals surface area contributed by atoms with E-state index < -0.39 is 0 Å². The molecular formula is C17H24BrN3. The van der Waals surface area contributed by atoms with Crippen LogP contribution in [0.25, 0.3) is 11.3 Å². The molecule has 114 valence electrons. The fraction of sp³-hybridized carbons (Fsp3) is 0.471. The van der Waals surface area contributed by atoms with Crippen molar-refractivity contribution in [2.75, 3.05) is 5.73 Å². The lowest BCUT2D eigenvalue weighted by molar-refractivity contribution is 0.588. The molecule has 0 unspecified atom stereocenters. The minimum Gasteiger partial charge on any atom is -0.383 e. The van der Waals surface area contributed by atoms with Crippen LogP contribution >= 0.6 is 15.9 Å². The maximum Gasteiger partial charge on any atom is 0.131 e. The number of hydrogen-bond donors (Lipinski definition) is 1. The molecule has 2 N–H and O–H groups in total. The fourth-order valence-electron chi connectivity index (χ4n) is 2.48. The lowest BCUT2D eigenvalue weighted by Gasteiger charge is -2.11. The van der Waals surface area contributed by atoms with E-state index in [1.807, 2.05) is 0 Å². The second-order valence-electron chi connectivity index (χ2n) is 5.83. The van der Waals surface area contributed by atoms with Crippen LogP contribution < -0.4 is 5.73 Å². The monoisotopic (exact) mass is 349 g/mol. The van der Waals surface area contributed by atoms with E-state index in [0.717, 1.165) is 46.8 Å². The van der Waals surface area contributed by atoms with Crippen molar-refractivity contribution in [2.24, 2.45) is 0 Å². The van der Waals surface area contributed by atoms with E-state index in [2.05, 4.69) is 66.4 Å². The Balaban J connectivity index is 2.51. The molecule has 1 heterocycles. The highest BCUT2D eigenvalue weighted by Crippen LogP contribution is 2.31. The Hall–Kier alpha value is -1.29. The van der Waals surface area contributed by atoms with Crippen LogP contribution in [0.15, 0.2) is 22.7 Å². The fourth-order valence-corrected chi connectivity index (χ4v) is 2.73. The first-order valence-electron chi connectivity index (χ1n) is 7.58. The number of anilines is 1. The van der Waals surface area contributed by atoms with Crippen LogP contribution in [0.4, 0.5) is 5.82 Å². The van der Waals surface area contributed by atoms with Gasteiger partial charge in [-0.25, -0.2) is 4.98 Å². The Bertz CT molecular complexity index is 629. The molecule has 0 atom stereocenters. The zero-order valence-electron chi connectivity index (χ0n) is 13.3. The summed E-state index contributed by atoms with van der Waals surface area (Å²) in [6.07, 6.45) is 2.28. The number of nitrogens with two attached hydrogens (primary N) is 1. The summed E-state index contributed by atoms with van der Waals surface area (Å²) in [7, 11) is 0. The average Bonchev–Trinajstić information content (AvgIpc) is 2.77. The summed E-state index contributed by atoms with van der Waals surface area (Å²) in [6, 6.07) is 6.27. The number of nitrogens with zero attached hydrogens (tertiary/aromatic N) is 2. The second-order valence-corrected chi connectivity index (χ2v) is 6.68. The summed E-state index contributed by atoms with van der Waals surface area (Å²) in [4.78, 5) is 4.83. The predicted octanol–water partition coefficient (Wildman–Crippen LogP) is 5.13. The van der Waals surface area contributed by atoms with Gasteiger partial charge in [-0.3, -0.25) is 0 Å². The molecule has 0 amide bonds. The van der Waals surface area contributed by atoms with E-state index in [1.54, 1.807) is 0 Å². The molecule has 0 aliphatic heterocycles. The van der Waals surface area contributed by atoms with Gasteiger partial charge in [0.05, 0.1) is 0 Å². The maximum atomic E-state index is 6.39. The van der Waals surface area contributed by atoms with Crippen molar-refractivity contribution in [1.29, 1.82) is 0 Å². The topological polar surface area (TPSA) is 43.8 Å². The molecule has 21 heavy (non-hydrogen) atoms. The standard InChI is InChI=1S/C17H24BrN3/c1-5-6-9-21-16(19)15(20-17(21)11(2)3)13-7-8-14(18)12(4)10-13/h7-8,10-11H,5-6,9,19H2,1-4H3. The molecular weight excluding hydrogens is 326 g/mol. The molecule has 0 aliphatic rings. The third-order valence-electron chi connectivity index (χ3n) is 3.72. The van der Waals surface area contributed by atoms with Gasteiger partial charge in [-0.05, 0) is 31.0 Å². The number of unbranched alkanes of at least 4 members (excludes halogenated alkanes) is 1. The molecule has 0 radical (unpaired) electrons. The van der Waals surface area contributed by atoms with Gasteiger partial charge in [-0.15, -0.1) is 0 Å². The first-order valence-corrected chi connectivity index (χ1v) is 8.37. The Morgan fingerprint density at radius 2 is 2.05 bits per heavy atom. The van der Waals surface area contributed by atoms with Crippen molar-refractivity contribution in [2.45, 2.75) is 53.0 Å². The van der Waals surface area contributed by atoms with Crippen molar-refractivity contribution < 1.29 is 0 Å². The van der Waals surface area contributed by atoms with Crippen molar-refractivity contribution in [3.05, 3.63) is 34.1 Å². The van der Waals surface area contributed by atoms with Crippen LogP contribution in [-0.4, -0.2) is 9.55 Å². The number of aromatic nitrogens is 2. The van der Waals surface area contributed by atoms with Gasteiger partial charge in [0.25, 0.3) is 0 Å². The quantitative estimate of drug-likeness (QED) is 0.813. The summed E-state index contributed by atoms with van der Waals surface area (Å²) >= 11 is 3.54. The Labute approximate surface area is 135 Å². The largest absolute Gasteiger partial charge is 0.383 e. The van der Waals surface area contributed by atoms with E-state index in [-0.39, 0.29) is 0 Å². The smallest absolute Gasteiger partial charge is 0.131 e. The minimum absolute atomic E-state index is 0.370. The molecule has 1 aromatic heterocycles. The van der Waals surface area contributed by atoms with Gasteiger partial charge in [0, 0.05) is 22.5 Å². The first-order chi connectivity index (χ1) is 9.95. The van der Waals surface area contributed by atoms with Crippen LogP contribution in [0.2, 0.25) is 0 Å². The van der Waals surface area contributed by atoms with E-state index in [0.29, 0.717) is 5.92 Å². The van der Waals surface area contributed by atoms with Crippen molar-refractivity contribution >= 4 is 21.7 Å². The number of rotatable bonds is 5. The van der Waals surface area contributed by atoms with E-state index in [4.69, 9.17) is 10.7 Å². The van der Waals surface area contributed by atoms with Gasteiger partial charge in [0.2, 0.25) is 0 Å². The highest BCUT2D eigenvalue weighted by molar-refractivity contribution is 9.10. The van der Waals surface area contributed by atoms with Crippen LogP contribution in [-0.2, 0) is 6.54 Å². The van der Waals surface area contributed by atoms with E-state index in [1.165, 1.54) is 5.56 Å². The van der Waals surface area contributed by atoms with Gasteiger partial charge in [-0.1, -0.05) is 49.2 Å². The molecule has 2 rings (SSSR count). The molecule has 0 aliphatic carbocycles. The molecule has 0 bridgehead atoms. The molecule has 0 spiro atoms. The number of halogens is 1. The lowest BCUT2D eigenvalue weighted by atomic mass is 10.1. The average molecular weight is 350 g/mol. The van der Waals surface area contributed by atoms with Gasteiger partial charge >= 0.3 is 0 Å². The summed E-state index contributed by atoms with van der Waals surface area (Å²) in [6.45, 7) is 9.56. The van der Waals surface area contributed by atoms with Crippen molar-refractivity contribution in [3.63, 3.8) is 0 Å². The van der Waals surface area contributed by atoms with Crippen LogP contribution in [0.3, 0.4) is 0 Å². The highest BCUT2D eigenvalue weighted by Gasteiger charge is 2.18. The third-order valence-corrected chi connectivity index (χ3v) is 4.61. The summed E-state index contributed by atoms with van der Waals surface area (Å²) in [5.74, 6) is 2.24. The van der Waals surface area contributed by atoms with Crippen LogP contribution in [0.1, 0.15) is 50.9 Å². The van der Waals surface area contributed by atoms with E-state index >= 15 is 0 Å². The van der Waals surface area contributed by atoms with Gasteiger partial charge in [0.1, 0.15) is 17.3 Å². The molecule has 0 saturated heterocycles. The molecule has 4 heteroatoms. The Morgan fingerprint density at radius 1 is 1.33 bits per heavy atom. The zero-order chi connectivity index (χ0) is 15.6. The number of aryl methyl sites for hydroxylation is 1. The highest BCUT2D eigenvalue weighted by atomic mass is 79.9. The number of imidazole rings is 1. The number of nitrogen functional groups attached to an aromatic ring is 1. The summed E-state index contributed by atoms with van der Waals surface area (Å²) in [5.41, 5.74) is 9.58. The normalized spacial score (nSPS) is 11.3. The Kier molecular flexibility index (Phi) is 5.09. The van der Waals surface area contributed by atoms with E-state index in [9.17, 15) is 0 Å². The van der Waals surface area contributed by atoms with Crippen LogP contribution in [0, 0.1) is 6.92 Å². The third kappa shape index (κ3) is 3.31. The Morgan fingerprint density at radius 3 is 2.62 bits per heavy atom. The predicted molar refractivity (Wildman–Crippen MR) is 93.5 cm³/mol. The van der Waals surface area contributed by atoms with Crippen molar-refractivity contribution in [1.82, 2.24) is 9.55 Å². The van der Waals surface area contributed by atoms with Crippen molar-refractivity contribution in [3.8, 4) is 11.3 Å². The van der Waals surface area contributed by atoms with Gasteiger partial charge in [0.15, 0.2) is 0 Å². The lowest BCUT2D eigenvalue weighted by Crippen LogP contribution is -2.08. The second kappa shape index (κ2) is 6.65. The number of hydrogen-bond acceptors (Lipinski definition) is 2. The summed E-state index contributed by atoms with van der Waals surface area (Å²) < 4.78 is 3.29. The molecule has 0 saturated carbocycles. The maximum absolute atomic E-state index is 6.39. The molecule has 3 nitrogen and oxygen atoms in total.